The van der Waals surface area contributed by atoms with E-state index in [0.29, 0.717) is 25.3 Å². The lowest BCUT2D eigenvalue weighted by Crippen LogP contribution is -2.44. The first-order valence-corrected chi connectivity index (χ1v) is 12.4. The molecular weight excluding hydrogens is 450 g/mol. The number of benzene rings is 3. The maximum absolute atomic E-state index is 13.4. The van der Waals surface area contributed by atoms with Crippen molar-refractivity contribution in [1.29, 1.82) is 0 Å². The number of carbonyl (C=O) groups excluding carboxylic acids is 1. The van der Waals surface area contributed by atoms with E-state index in [-0.39, 0.29) is 12.0 Å². The van der Waals surface area contributed by atoms with Crippen LogP contribution in [0.4, 0.5) is 0 Å². The number of carbonyl (C=O) groups is 1. The summed E-state index contributed by atoms with van der Waals surface area (Å²) in [5.41, 5.74) is 7.16. The van der Waals surface area contributed by atoms with Gasteiger partial charge in [0.25, 0.3) is 5.91 Å². The van der Waals surface area contributed by atoms with Crippen LogP contribution in [-0.4, -0.2) is 46.3 Å². The van der Waals surface area contributed by atoms with E-state index in [9.17, 15) is 4.79 Å². The van der Waals surface area contributed by atoms with Crippen molar-refractivity contribution >= 4 is 27.7 Å². The van der Waals surface area contributed by atoms with Crippen LogP contribution in [0.5, 0.6) is 0 Å². The van der Waals surface area contributed by atoms with Crippen molar-refractivity contribution in [3.05, 3.63) is 89.3 Å². The standard InChI is InChI=1S/C30H29N3O3/c1-19-17-32(13-14-35-19)30(34)24-10-12-27-26(15-24)25-11-9-23(29-20(2)31-36-21(29)3)16-28(25)33(27)18-22-7-5-4-6-8-22/h4-12,15-16,19H,13-14,17-18H2,1-3H3/t19-/m1/s1. The largest absolute Gasteiger partial charge is 0.375 e. The van der Waals surface area contributed by atoms with Gasteiger partial charge in [-0.1, -0.05) is 47.6 Å². The number of amides is 1. The number of aryl methyl sites for hydroxylation is 2. The molecule has 0 radical (unpaired) electrons. The quantitative estimate of drug-likeness (QED) is 0.318. The number of aromatic nitrogens is 2. The molecule has 0 N–H and O–H groups in total. The van der Waals surface area contributed by atoms with Gasteiger partial charge in [-0.3, -0.25) is 4.79 Å². The molecule has 5 aromatic rings. The smallest absolute Gasteiger partial charge is 0.254 e. The Kier molecular flexibility index (Phi) is 5.61. The third-order valence-electron chi connectivity index (χ3n) is 7.15. The summed E-state index contributed by atoms with van der Waals surface area (Å²) >= 11 is 0. The van der Waals surface area contributed by atoms with Crippen LogP contribution in [-0.2, 0) is 11.3 Å². The summed E-state index contributed by atoms with van der Waals surface area (Å²) in [5, 5.41) is 6.36. The summed E-state index contributed by atoms with van der Waals surface area (Å²) in [5.74, 6) is 0.869. The predicted octanol–water partition coefficient (Wildman–Crippen LogP) is 5.98. The Hall–Kier alpha value is -3.90. The van der Waals surface area contributed by atoms with Crippen molar-refractivity contribution in [2.45, 2.75) is 33.4 Å². The van der Waals surface area contributed by atoms with Crippen LogP contribution in [0, 0.1) is 13.8 Å². The van der Waals surface area contributed by atoms with Gasteiger partial charge in [-0.15, -0.1) is 0 Å². The Morgan fingerprint density at radius 1 is 1.00 bits per heavy atom. The van der Waals surface area contributed by atoms with Gasteiger partial charge in [0, 0.05) is 47.1 Å². The fraction of sp³-hybridized carbons (Fsp3) is 0.267. The maximum Gasteiger partial charge on any atom is 0.254 e. The molecule has 0 aliphatic carbocycles. The number of ether oxygens (including phenoxy) is 1. The monoisotopic (exact) mass is 479 g/mol. The average molecular weight is 480 g/mol. The van der Waals surface area contributed by atoms with Gasteiger partial charge in [-0.25, -0.2) is 0 Å². The third-order valence-corrected chi connectivity index (χ3v) is 7.15. The minimum absolute atomic E-state index is 0.0574. The first-order chi connectivity index (χ1) is 17.5. The zero-order chi connectivity index (χ0) is 24.8. The van der Waals surface area contributed by atoms with Crippen LogP contribution in [0.3, 0.4) is 0 Å². The summed E-state index contributed by atoms with van der Waals surface area (Å²) in [7, 11) is 0. The highest BCUT2D eigenvalue weighted by Crippen LogP contribution is 2.35. The highest BCUT2D eigenvalue weighted by Gasteiger charge is 2.24. The number of rotatable bonds is 4. The van der Waals surface area contributed by atoms with Crippen LogP contribution in [0.15, 0.2) is 71.3 Å². The third kappa shape index (κ3) is 3.88. The summed E-state index contributed by atoms with van der Waals surface area (Å²) in [6, 6.07) is 23.1. The molecule has 3 aromatic carbocycles. The SMILES string of the molecule is Cc1noc(C)c1-c1ccc2c3cc(C(=O)N4CCO[C@H](C)C4)ccc3n(Cc3ccccc3)c2c1. The van der Waals surface area contributed by atoms with Crippen molar-refractivity contribution in [1.82, 2.24) is 14.6 Å². The molecule has 182 valence electrons. The van der Waals surface area contributed by atoms with Crippen LogP contribution >= 0.6 is 0 Å². The fourth-order valence-corrected chi connectivity index (χ4v) is 5.41. The summed E-state index contributed by atoms with van der Waals surface area (Å²) in [6.07, 6.45) is 0.0574. The summed E-state index contributed by atoms with van der Waals surface area (Å²) in [4.78, 5) is 15.3. The molecule has 2 aromatic heterocycles. The van der Waals surface area contributed by atoms with E-state index in [1.54, 1.807) is 0 Å². The zero-order valence-corrected chi connectivity index (χ0v) is 20.8. The topological polar surface area (TPSA) is 60.5 Å². The molecule has 0 bridgehead atoms. The first-order valence-electron chi connectivity index (χ1n) is 12.4. The molecule has 3 heterocycles. The second-order valence-corrected chi connectivity index (χ2v) is 9.67. The molecule has 1 saturated heterocycles. The molecule has 36 heavy (non-hydrogen) atoms. The highest BCUT2D eigenvalue weighted by atomic mass is 16.5. The predicted molar refractivity (Wildman–Crippen MR) is 141 cm³/mol. The van der Waals surface area contributed by atoms with Gasteiger partial charge in [-0.05, 0) is 56.2 Å². The molecule has 6 nitrogen and oxygen atoms in total. The second-order valence-electron chi connectivity index (χ2n) is 9.67. The Morgan fingerprint density at radius 3 is 2.58 bits per heavy atom. The fourth-order valence-electron chi connectivity index (χ4n) is 5.41. The lowest BCUT2D eigenvalue weighted by atomic mass is 10.0. The Labute approximate surface area is 210 Å². The van der Waals surface area contributed by atoms with E-state index in [1.807, 2.05) is 37.8 Å². The molecule has 6 heteroatoms. The van der Waals surface area contributed by atoms with Gasteiger partial charge in [0.2, 0.25) is 0 Å². The van der Waals surface area contributed by atoms with Crippen molar-refractivity contribution in [3.8, 4) is 11.1 Å². The van der Waals surface area contributed by atoms with Gasteiger partial charge >= 0.3 is 0 Å². The van der Waals surface area contributed by atoms with E-state index in [4.69, 9.17) is 9.26 Å². The van der Waals surface area contributed by atoms with Gasteiger partial charge in [0.1, 0.15) is 5.76 Å². The number of hydrogen-bond donors (Lipinski definition) is 0. The van der Waals surface area contributed by atoms with Gasteiger partial charge in [-0.2, -0.15) is 0 Å². The summed E-state index contributed by atoms with van der Waals surface area (Å²) in [6.45, 7) is 8.49. The lowest BCUT2D eigenvalue weighted by molar-refractivity contribution is -0.0124. The lowest BCUT2D eigenvalue weighted by Gasteiger charge is -2.31. The highest BCUT2D eigenvalue weighted by molar-refractivity contribution is 6.11. The number of fused-ring (bicyclic) bond motifs is 3. The van der Waals surface area contributed by atoms with Gasteiger partial charge in [0.15, 0.2) is 0 Å². The van der Waals surface area contributed by atoms with Crippen molar-refractivity contribution < 1.29 is 14.1 Å². The van der Waals surface area contributed by atoms with E-state index in [0.717, 1.165) is 50.9 Å². The number of hydrogen-bond acceptors (Lipinski definition) is 4. The number of nitrogens with zero attached hydrogens (tertiary/aromatic N) is 3. The molecule has 0 unspecified atom stereocenters. The van der Waals surface area contributed by atoms with Gasteiger partial charge < -0.3 is 18.7 Å². The minimum Gasteiger partial charge on any atom is -0.375 e. The molecule has 0 spiro atoms. The first kappa shape index (κ1) is 22.6. The molecular formula is C30H29N3O3. The van der Waals surface area contributed by atoms with Crippen molar-refractivity contribution in [3.63, 3.8) is 0 Å². The van der Waals surface area contributed by atoms with Crippen LogP contribution in [0.25, 0.3) is 32.9 Å². The zero-order valence-electron chi connectivity index (χ0n) is 20.8. The average Bonchev–Trinajstić information content (AvgIpc) is 3.39. The molecule has 1 aliphatic rings. The van der Waals surface area contributed by atoms with Crippen LogP contribution < -0.4 is 0 Å². The van der Waals surface area contributed by atoms with Crippen LogP contribution in [0.1, 0.15) is 34.3 Å². The van der Waals surface area contributed by atoms with E-state index in [2.05, 4.69) is 64.3 Å². The normalized spacial score (nSPS) is 16.2. The Morgan fingerprint density at radius 2 is 1.83 bits per heavy atom. The molecule has 1 amide bonds. The van der Waals surface area contributed by atoms with Crippen molar-refractivity contribution in [2.24, 2.45) is 0 Å². The van der Waals surface area contributed by atoms with E-state index >= 15 is 0 Å². The maximum atomic E-state index is 13.4. The van der Waals surface area contributed by atoms with Gasteiger partial charge in [0.05, 0.1) is 23.9 Å². The summed E-state index contributed by atoms with van der Waals surface area (Å²) < 4.78 is 13.4. The Bertz CT molecular complexity index is 1560. The minimum atomic E-state index is 0.0574. The van der Waals surface area contributed by atoms with E-state index < -0.39 is 0 Å². The molecule has 1 atom stereocenters. The second kappa shape index (κ2) is 8.95. The molecule has 0 saturated carbocycles. The molecule has 1 fully saturated rings. The Balaban J connectivity index is 1.51. The van der Waals surface area contributed by atoms with Crippen LogP contribution in [0.2, 0.25) is 0 Å². The molecule has 1 aliphatic heterocycles. The molecule has 6 rings (SSSR count). The number of morpholine rings is 1. The van der Waals surface area contributed by atoms with E-state index in [1.165, 1.54) is 5.56 Å². The van der Waals surface area contributed by atoms with Crippen molar-refractivity contribution in [2.75, 3.05) is 19.7 Å².